The van der Waals surface area contributed by atoms with Crippen LogP contribution in [0.4, 0.5) is 0 Å². The second kappa shape index (κ2) is 7.29. The van der Waals surface area contributed by atoms with Gasteiger partial charge in [0.15, 0.2) is 0 Å². The van der Waals surface area contributed by atoms with Gasteiger partial charge in [-0.1, -0.05) is 33.6 Å². The van der Waals surface area contributed by atoms with Crippen LogP contribution in [0.1, 0.15) is 40.0 Å². The van der Waals surface area contributed by atoms with Gasteiger partial charge in [0.2, 0.25) is 0 Å². The lowest BCUT2D eigenvalue weighted by molar-refractivity contribution is -0.119. The Morgan fingerprint density at radius 1 is 1.42 bits per heavy atom. The molecule has 2 heteroatoms. The van der Waals surface area contributed by atoms with Crippen molar-refractivity contribution in [3.63, 3.8) is 0 Å². The molecule has 0 heterocycles. The molecule has 2 nitrogen and oxygen atoms in total. The topological polar surface area (TPSA) is 29.1 Å². The summed E-state index contributed by atoms with van der Waals surface area (Å²) in [5.74, 6) is 0.902. The van der Waals surface area contributed by atoms with E-state index in [-0.39, 0.29) is 0 Å². The number of carbonyl (C=O) groups excluding carboxylic acids is 1. The molecule has 0 bridgehead atoms. The van der Waals surface area contributed by atoms with Crippen LogP contribution >= 0.6 is 0 Å². The Morgan fingerprint density at radius 2 is 2.08 bits per heavy atom. The third-order valence-electron chi connectivity index (χ3n) is 1.93. The summed E-state index contributed by atoms with van der Waals surface area (Å²) in [6, 6.07) is 0. The molecule has 0 aliphatic heterocycles. The van der Waals surface area contributed by atoms with Crippen LogP contribution in [0.25, 0.3) is 0 Å². The minimum Gasteiger partial charge on any atom is -0.310 e. The van der Waals surface area contributed by atoms with E-state index < -0.39 is 0 Å². The van der Waals surface area contributed by atoms with Gasteiger partial charge in [0.1, 0.15) is 5.78 Å². The van der Waals surface area contributed by atoms with Crippen LogP contribution in [0.5, 0.6) is 0 Å². The summed E-state index contributed by atoms with van der Waals surface area (Å²) in [6.45, 7) is 7.75. The van der Waals surface area contributed by atoms with Crippen molar-refractivity contribution in [2.75, 3.05) is 13.1 Å². The molecule has 0 saturated carbocycles. The molecule has 0 aromatic heterocycles. The Hall–Kier alpha value is -0.370. The minimum atomic E-state index is 0.345. The summed E-state index contributed by atoms with van der Waals surface area (Å²) in [5.41, 5.74) is 0. The van der Waals surface area contributed by atoms with E-state index in [2.05, 4.69) is 19.2 Å². The van der Waals surface area contributed by atoms with Crippen LogP contribution in [0.2, 0.25) is 0 Å². The lowest BCUT2D eigenvalue weighted by Crippen LogP contribution is -2.23. The molecule has 0 aromatic carbocycles. The van der Waals surface area contributed by atoms with Crippen LogP contribution in [-0.4, -0.2) is 18.9 Å². The maximum atomic E-state index is 11.2. The molecule has 12 heavy (non-hydrogen) atoms. The molecule has 0 rings (SSSR count). The van der Waals surface area contributed by atoms with Crippen molar-refractivity contribution >= 4 is 5.78 Å². The molecule has 72 valence electrons. The molecule has 1 N–H and O–H groups in total. The van der Waals surface area contributed by atoms with Gasteiger partial charge in [-0.25, -0.2) is 0 Å². The molecule has 0 aliphatic rings. The summed E-state index contributed by atoms with van der Waals surface area (Å²) in [4.78, 5) is 11.2. The SMILES string of the molecule is CCCC(C)CC(=O)CNCC. The first kappa shape index (κ1) is 11.6. The third kappa shape index (κ3) is 6.35. The van der Waals surface area contributed by atoms with Crippen molar-refractivity contribution in [3.05, 3.63) is 0 Å². The molecule has 1 unspecified atom stereocenters. The smallest absolute Gasteiger partial charge is 0.146 e. The Labute approximate surface area is 75.7 Å². The van der Waals surface area contributed by atoms with E-state index in [0.29, 0.717) is 18.2 Å². The molecule has 0 aromatic rings. The highest BCUT2D eigenvalue weighted by atomic mass is 16.1. The summed E-state index contributed by atoms with van der Waals surface area (Å²) in [6.07, 6.45) is 3.08. The van der Waals surface area contributed by atoms with Crippen molar-refractivity contribution in [3.8, 4) is 0 Å². The van der Waals surface area contributed by atoms with E-state index in [1.165, 1.54) is 6.42 Å². The maximum Gasteiger partial charge on any atom is 0.146 e. The number of nitrogens with one attached hydrogen (secondary N) is 1. The first-order chi connectivity index (χ1) is 5.70. The monoisotopic (exact) mass is 171 g/mol. The zero-order valence-corrected chi connectivity index (χ0v) is 8.52. The Balaban J connectivity index is 3.40. The van der Waals surface area contributed by atoms with Crippen LogP contribution in [-0.2, 0) is 4.79 Å². The van der Waals surface area contributed by atoms with Crippen molar-refractivity contribution in [1.82, 2.24) is 5.32 Å². The van der Waals surface area contributed by atoms with Gasteiger partial charge in [-0.15, -0.1) is 0 Å². The fraction of sp³-hybridized carbons (Fsp3) is 0.900. The number of Topliss-reactive ketones (excluding diaryl/α,β-unsaturated/α-hetero) is 1. The standard InChI is InChI=1S/C10H21NO/c1-4-6-9(3)7-10(12)8-11-5-2/h9,11H,4-8H2,1-3H3. The van der Waals surface area contributed by atoms with Crippen LogP contribution in [0, 0.1) is 5.92 Å². The zero-order chi connectivity index (χ0) is 9.40. The largest absolute Gasteiger partial charge is 0.310 e. The van der Waals surface area contributed by atoms with Gasteiger partial charge in [0, 0.05) is 6.42 Å². The van der Waals surface area contributed by atoms with Crippen LogP contribution in [0.15, 0.2) is 0 Å². The van der Waals surface area contributed by atoms with Gasteiger partial charge < -0.3 is 5.32 Å². The number of rotatable bonds is 7. The number of hydrogen-bond acceptors (Lipinski definition) is 2. The highest BCUT2D eigenvalue weighted by Gasteiger charge is 2.06. The van der Waals surface area contributed by atoms with E-state index in [9.17, 15) is 4.79 Å². The summed E-state index contributed by atoms with van der Waals surface area (Å²) in [7, 11) is 0. The molecule has 0 fully saturated rings. The van der Waals surface area contributed by atoms with Crippen molar-refractivity contribution in [2.45, 2.75) is 40.0 Å². The molecule has 0 saturated heterocycles. The third-order valence-corrected chi connectivity index (χ3v) is 1.93. The van der Waals surface area contributed by atoms with Crippen molar-refractivity contribution < 1.29 is 4.79 Å². The lowest BCUT2D eigenvalue weighted by atomic mass is 10.00. The fourth-order valence-corrected chi connectivity index (χ4v) is 1.32. The summed E-state index contributed by atoms with van der Waals surface area (Å²) >= 11 is 0. The highest BCUT2D eigenvalue weighted by Crippen LogP contribution is 2.09. The van der Waals surface area contributed by atoms with E-state index in [0.717, 1.165) is 19.4 Å². The van der Waals surface area contributed by atoms with E-state index in [1.54, 1.807) is 0 Å². The van der Waals surface area contributed by atoms with Crippen LogP contribution < -0.4 is 5.32 Å². The van der Waals surface area contributed by atoms with E-state index in [1.807, 2.05) is 6.92 Å². The molecule has 0 radical (unpaired) electrons. The summed E-state index contributed by atoms with van der Waals surface area (Å²) < 4.78 is 0. The second-order valence-corrected chi connectivity index (χ2v) is 3.42. The van der Waals surface area contributed by atoms with Gasteiger partial charge in [0.05, 0.1) is 6.54 Å². The fourth-order valence-electron chi connectivity index (χ4n) is 1.32. The normalized spacial score (nSPS) is 12.9. The van der Waals surface area contributed by atoms with Gasteiger partial charge in [0.25, 0.3) is 0 Å². The molecule has 1 atom stereocenters. The number of likely N-dealkylation sites (N-methyl/N-ethyl adjacent to an activating group) is 1. The Kier molecular flexibility index (Phi) is 7.06. The Morgan fingerprint density at radius 3 is 2.58 bits per heavy atom. The van der Waals surface area contributed by atoms with Crippen molar-refractivity contribution in [1.29, 1.82) is 0 Å². The van der Waals surface area contributed by atoms with Gasteiger partial charge in [-0.05, 0) is 12.5 Å². The van der Waals surface area contributed by atoms with Gasteiger partial charge in [-0.3, -0.25) is 4.79 Å². The Bertz CT molecular complexity index is 123. The summed E-state index contributed by atoms with van der Waals surface area (Å²) in [5, 5.41) is 3.05. The molecule has 0 amide bonds. The first-order valence-electron chi connectivity index (χ1n) is 4.93. The highest BCUT2D eigenvalue weighted by molar-refractivity contribution is 5.80. The first-order valence-corrected chi connectivity index (χ1v) is 4.93. The number of carbonyl (C=O) groups is 1. The maximum absolute atomic E-state index is 11.2. The molecule has 0 aliphatic carbocycles. The lowest BCUT2D eigenvalue weighted by Gasteiger charge is -2.08. The molecular formula is C10H21NO. The molecule has 0 spiro atoms. The predicted octanol–water partition coefficient (Wildman–Crippen LogP) is 1.99. The number of ketones is 1. The zero-order valence-electron chi connectivity index (χ0n) is 8.52. The minimum absolute atomic E-state index is 0.345. The van der Waals surface area contributed by atoms with E-state index >= 15 is 0 Å². The van der Waals surface area contributed by atoms with E-state index in [4.69, 9.17) is 0 Å². The van der Waals surface area contributed by atoms with Crippen LogP contribution in [0.3, 0.4) is 0 Å². The number of hydrogen-bond donors (Lipinski definition) is 1. The van der Waals surface area contributed by atoms with Crippen molar-refractivity contribution in [2.24, 2.45) is 5.92 Å². The predicted molar refractivity (Wildman–Crippen MR) is 52.2 cm³/mol. The average molecular weight is 171 g/mol. The quantitative estimate of drug-likeness (QED) is 0.634. The average Bonchev–Trinajstić information content (AvgIpc) is 2.01. The van der Waals surface area contributed by atoms with Gasteiger partial charge in [-0.2, -0.15) is 0 Å². The molecular weight excluding hydrogens is 150 g/mol. The van der Waals surface area contributed by atoms with Gasteiger partial charge >= 0.3 is 0 Å². The second-order valence-electron chi connectivity index (χ2n) is 3.42.